The summed E-state index contributed by atoms with van der Waals surface area (Å²) in [6, 6.07) is 7.70. The Balaban J connectivity index is 2.98. The van der Waals surface area contributed by atoms with Crippen LogP contribution in [-0.4, -0.2) is 7.11 Å². The Labute approximate surface area is 84.1 Å². The zero-order valence-corrected chi connectivity index (χ0v) is 8.29. The van der Waals surface area contributed by atoms with Gasteiger partial charge in [0.2, 0.25) is 0 Å². The van der Waals surface area contributed by atoms with E-state index in [4.69, 9.17) is 10.00 Å². The van der Waals surface area contributed by atoms with Crippen LogP contribution < -0.4 is 4.74 Å². The number of benzene rings is 1. The van der Waals surface area contributed by atoms with Crippen molar-refractivity contribution in [2.24, 2.45) is 0 Å². The first-order valence-electron chi connectivity index (χ1n) is 4.28. The van der Waals surface area contributed by atoms with Crippen LogP contribution in [0, 0.1) is 30.1 Å². The lowest BCUT2D eigenvalue weighted by atomic mass is 10.1. The minimum absolute atomic E-state index is 0.261. The molecule has 0 bridgehead atoms. The van der Waals surface area contributed by atoms with Crippen LogP contribution in [0.15, 0.2) is 18.2 Å². The highest BCUT2D eigenvalue weighted by Crippen LogP contribution is 2.15. The molecule has 0 spiro atoms. The number of hydrogen-bond donors (Lipinski definition) is 0. The lowest BCUT2D eigenvalue weighted by molar-refractivity contribution is 0.414. The third-order valence-corrected chi connectivity index (χ3v) is 1.84. The van der Waals surface area contributed by atoms with E-state index in [0.717, 1.165) is 16.9 Å². The number of aryl methyl sites for hydroxylation is 1. The molecule has 0 saturated carbocycles. The Kier molecular flexibility index (Phi) is 3.58. The van der Waals surface area contributed by atoms with Crippen molar-refractivity contribution in [3.8, 4) is 23.7 Å². The van der Waals surface area contributed by atoms with Crippen molar-refractivity contribution in [1.82, 2.24) is 0 Å². The Bertz CT molecular complexity index is 418. The molecule has 2 nitrogen and oxygen atoms in total. The summed E-state index contributed by atoms with van der Waals surface area (Å²) >= 11 is 0. The fraction of sp³-hybridized carbons (Fsp3) is 0.250. The lowest BCUT2D eigenvalue weighted by Crippen LogP contribution is -1.86. The normalized spacial score (nSPS) is 8.36. The van der Waals surface area contributed by atoms with Crippen LogP contribution in [0.1, 0.15) is 17.5 Å². The van der Waals surface area contributed by atoms with E-state index in [-0.39, 0.29) is 6.42 Å². The average Bonchev–Trinajstić information content (AvgIpc) is 2.21. The first-order chi connectivity index (χ1) is 6.77. The summed E-state index contributed by atoms with van der Waals surface area (Å²) in [5, 5.41) is 8.34. The van der Waals surface area contributed by atoms with E-state index in [0.29, 0.717) is 0 Å². The van der Waals surface area contributed by atoms with Crippen LogP contribution in [0.4, 0.5) is 0 Å². The molecule has 0 amide bonds. The second kappa shape index (κ2) is 4.94. The molecule has 1 aromatic carbocycles. The van der Waals surface area contributed by atoms with Gasteiger partial charge >= 0.3 is 0 Å². The van der Waals surface area contributed by atoms with Crippen molar-refractivity contribution >= 4 is 0 Å². The summed E-state index contributed by atoms with van der Waals surface area (Å²) in [6.07, 6.45) is 0.261. The minimum Gasteiger partial charge on any atom is -0.497 e. The van der Waals surface area contributed by atoms with Crippen LogP contribution >= 0.6 is 0 Å². The van der Waals surface area contributed by atoms with E-state index in [1.54, 1.807) is 7.11 Å². The summed E-state index contributed by atoms with van der Waals surface area (Å²) in [6.45, 7) is 1.98. The molecule has 0 heterocycles. The van der Waals surface area contributed by atoms with Gasteiger partial charge in [0, 0.05) is 5.56 Å². The molecular formula is C12H11NO. The van der Waals surface area contributed by atoms with E-state index in [1.165, 1.54) is 0 Å². The van der Waals surface area contributed by atoms with Gasteiger partial charge in [0.05, 0.1) is 19.6 Å². The minimum atomic E-state index is 0.261. The third kappa shape index (κ3) is 2.54. The highest BCUT2D eigenvalue weighted by molar-refractivity contribution is 5.45. The van der Waals surface area contributed by atoms with E-state index in [2.05, 4.69) is 11.8 Å². The van der Waals surface area contributed by atoms with Crippen molar-refractivity contribution in [3.63, 3.8) is 0 Å². The molecule has 1 rings (SSSR count). The topological polar surface area (TPSA) is 33.0 Å². The number of ether oxygens (including phenoxy) is 1. The maximum atomic E-state index is 8.34. The van der Waals surface area contributed by atoms with Gasteiger partial charge < -0.3 is 4.74 Å². The molecule has 14 heavy (non-hydrogen) atoms. The second-order valence-electron chi connectivity index (χ2n) is 2.82. The van der Waals surface area contributed by atoms with Gasteiger partial charge in [0.25, 0.3) is 0 Å². The molecule has 0 aliphatic heterocycles. The van der Waals surface area contributed by atoms with Crippen molar-refractivity contribution in [3.05, 3.63) is 29.3 Å². The second-order valence-corrected chi connectivity index (χ2v) is 2.82. The third-order valence-electron chi connectivity index (χ3n) is 1.84. The predicted molar refractivity (Wildman–Crippen MR) is 54.8 cm³/mol. The molecule has 0 aliphatic carbocycles. The van der Waals surface area contributed by atoms with Gasteiger partial charge in [-0.05, 0) is 24.6 Å². The summed E-state index contributed by atoms with van der Waals surface area (Å²) in [7, 11) is 1.62. The molecule has 0 unspecified atom stereocenters. The Morgan fingerprint density at radius 2 is 2.21 bits per heavy atom. The number of hydrogen-bond acceptors (Lipinski definition) is 2. The van der Waals surface area contributed by atoms with Gasteiger partial charge in [-0.15, -0.1) is 0 Å². The molecule has 70 valence electrons. The maximum Gasteiger partial charge on any atom is 0.120 e. The number of nitrogens with zero attached hydrogens (tertiary/aromatic N) is 1. The Morgan fingerprint density at radius 3 is 2.86 bits per heavy atom. The monoisotopic (exact) mass is 185 g/mol. The highest BCUT2D eigenvalue weighted by Gasteiger charge is 1.96. The molecule has 0 radical (unpaired) electrons. The summed E-state index contributed by atoms with van der Waals surface area (Å²) in [5.41, 5.74) is 2.01. The number of rotatable bonds is 1. The molecule has 1 aromatic rings. The maximum absolute atomic E-state index is 8.34. The van der Waals surface area contributed by atoms with E-state index in [1.807, 2.05) is 31.2 Å². The molecule has 0 saturated heterocycles. The Hall–Kier alpha value is -1.93. The van der Waals surface area contributed by atoms with Crippen LogP contribution in [0.3, 0.4) is 0 Å². The fourth-order valence-electron chi connectivity index (χ4n) is 1.04. The SMILES string of the molecule is COc1ccc(C)c(C#CCC#N)c1. The van der Waals surface area contributed by atoms with Crippen LogP contribution in [0.2, 0.25) is 0 Å². The van der Waals surface area contributed by atoms with Gasteiger partial charge in [-0.3, -0.25) is 0 Å². The van der Waals surface area contributed by atoms with Crippen LogP contribution in [0.5, 0.6) is 5.75 Å². The van der Waals surface area contributed by atoms with Crippen molar-refractivity contribution in [1.29, 1.82) is 5.26 Å². The first-order valence-corrected chi connectivity index (χ1v) is 4.28. The van der Waals surface area contributed by atoms with Crippen molar-refractivity contribution < 1.29 is 4.74 Å². The van der Waals surface area contributed by atoms with Gasteiger partial charge in [-0.2, -0.15) is 5.26 Å². The zero-order valence-electron chi connectivity index (χ0n) is 8.29. The van der Waals surface area contributed by atoms with Gasteiger partial charge in [-0.25, -0.2) is 0 Å². The van der Waals surface area contributed by atoms with E-state index in [9.17, 15) is 0 Å². The molecule has 0 atom stereocenters. The van der Waals surface area contributed by atoms with Gasteiger partial charge in [0.1, 0.15) is 5.75 Å². The van der Waals surface area contributed by atoms with Crippen LogP contribution in [0.25, 0.3) is 0 Å². The molecule has 0 N–H and O–H groups in total. The molecule has 0 aromatic heterocycles. The standard InChI is InChI=1S/C12H11NO/c1-10-6-7-12(14-2)9-11(10)5-3-4-8-13/h6-7,9H,4H2,1-2H3. The first kappa shape index (κ1) is 10.2. The number of nitriles is 1. The molecule has 0 fully saturated rings. The van der Waals surface area contributed by atoms with Gasteiger partial charge in [-0.1, -0.05) is 17.9 Å². The van der Waals surface area contributed by atoms with E-state index >= 15 is 0 Å². The van der Waals surface area contributed by atoms with Crippen molar-refractivity contribution in [2.45, 2.75) is 13.3 Å². The Morgan fingerprint density at radius 1 is 1.43 bits per heavy atom. The molecule has 2 heteroatoms. The highest BCUT2D eigenvalue weighted by atomic mass is 16.5. The fourth-order valence-corrected chi connectivity index (χ4v) is 1.04. The molecular weight excluding hydrogens is 174 g/mol. The average molecular weight is 185 g/mol. The summed E-state index contributed by atoms with van der Waals surface area (Å²) in [5.74, 6) is 6.50. The van der Waals surface area contributed by atoms with Crippen LogP contribution in [-0.2, 0) is 0 Å². The summed E-state index contributed by atoms with van der Waals surface area (Å²) < 4.78 is 5.08. The predicted octanol–water partition coefficient (Wildman–Crippen LogP) is 2.27. The van der Waals surface area contributed by atoms with Crippen molar-refractivity contribution in [2.75, 3.05) is 7.11 Å². The number of methoxy groups -OCH3 is 1. The zero-order chi connectivity index (χ0) is 10.4. The quantitative estimate of drug-likeness (QED) is 0.629. The van der Waals surface area contributed by atoms with Gasteiger partial charge in [0.15, 0.2) is 0 Å². The van der Waals surface area contributed by atoms with E-state index < -0.39 is 0 Å². The summed E-state index contributed by atoms with van der Waals surface area (Å²) in [4.78, 5) is 0. The lowest BCUT2D eigenvalue weighted by Gasteiger charge is -2.02. The smallest absolute Gasteiger partial charge is 0.120 e. The molecule has 0 aliphatic rings. The largest absolute Gasteiger partial charge is 0.497 e.